The minimum Gasteiger partial charge on any atom is -0.393 e. The normalized spacial score (nSPS) is 37.4. The van der Waals surface area contributed by atoms with E-state index in [4.69, 9.17) is 4.79 Å². The molecule has 0 spiro atoms. The van der Waals surface area contributed by atoms with E-state index in [2.05, 4.69) is 35.1 Å². The molecule has 0 aliphatic heterocycles. The number of aromatic nitrogens is 1. The lowest BCUT2D eigenvalue weighted by atomic mass is 9.53. The number of rotatable bonds is 1. The van der Waals surface area contributed by atoms with E-state index in [1.54, 1.807) is 6.08 Å². The van der Waals surface area contributed by atoms with Crippen molar-refractivity contribution in [1.82, 2.24) is 10.3 Å². The summed E-state index contributed by atoms with van der Waals surface area (Å²) in [6.07, 6.45) is 11.0. The van der Waals surface area contributed by atoms with Gasteiger partial charge >= 0.3 is 0 Å². The molecule has 194 valence electrons. The molecule has 1 amide bonds. The molecule has 0 radical (unpaired) electrons. The van der Waals surface area contributed by atoms with Gasteiger partial charge in [0.1, 0.15) is 5.60 Å². The number of nitrogens with two attached hydrogens (primary N) is 1. The molecule has 1 aromatic rings. The molecule has 5 unspecified atom stereocenters. The number of nitrogens with zero attached hydrogens (tertiary/aromatic N) is 1. The van der Waals surface area contributed by atoms with Crippen molar-refractivity contribution < 1.29 is 19.4 Å². The Morgan fingerprint density at radius 2 is 1.91 bits per heavy atom. The van der Waals surface area contributed by atoms with Crippen molar-refractivity contribution in [2.24, 2.45) is 23.0 Å². The maximum atomic E-state index is 16.5. The number of hydrogen-bond donors (Lipinski definition) is 4. The van der Waals surface area contributed by atoms with Gasteiger partial charge in [0, 0.05) is 17.8 Å². The molecule has 35 heavy (non-hydrogen) atoms. The van der Waals surface area contributed by atoms with Crippen LogP contribution in [0.5, 0.6) is 0 Å². The Hall–Kier alpha value is -2.09. The highest BCUT2D eigenvalue weighted by atomic mass is 19.1. The molecule has 0 aromatic carbocycles. The molecule has 7 heteroatoms. The summed E-state index contributed by atoms with van der Waals surface area (Å²) >= 11 is 0. The Morgan fingerprint density at radius 1 is 1.23 bits per heavy atom. The van der Waals surface area contributed by atoms with Crippen molar-refractivity contribution in [3.8, 4) is 0 Å². The quantitative estimate of drug-likeness (QED) is 0.355. The van der Waals surface area contributed by atoms with Crippen LogP contribution in [0, 0.1) is 24.2 Å². The van der Waals surface area contributed by atoms with Crippen molar-refractivity contribution in [1.29, 1.82) is 0 Å². The highest BCUT2D eigenvalue weighted by molar-refractivity contribution is 5.74. The van der Waals surface area contributed by atoms with E-state index in [1.807, 2.05) is 33.3 Å². The first-order valence-corrected chi connectivity index (χ1v) is 12.8. The first-order valence-electron chi connectivity index (χ1n) is 12.8. The van der Waals surface area contributed by atoms with Crippen LogP contribution in [0.2, 0.25) is 0 Å². The van der Waals surface area contributed by atoms with E-state index in [1.165, 1.54) is 5.57 Å². The van der Waals surface area contributed by atoms with Gasteiger partial charge in [-0.3, -0.25) is 9.78 Å². The van der Waals surface area contributed by atoms with Gasteiger partial charge in [-0.1, -0.05) is 24.6 Å². The summed E-state index contributed by atoms with van der Waals surface area (Å²) in [6.45, 7) is 4.24. The highest BCUT2D eigenvalue weighted by Crippen LogP contribution is 2.65. The topological polar surface area (TPSA) is 108 Å². The number of primary amides is 1. The van der Waals surface area contributed by atoms with E-state index >= 15 is 4.39 Å². The third kappa shape index (κ3) is 4.95. The number of aliphatic hydroxyl groups excluding tert-OH is 1. The number of hydrogen-bond acceptors (Lipinski definition) is 5. The maximum Gasteiger partial charge on any atom is 0.204 e. The standard InChI is InChI=1S/C25H32FNO2.C2H7N.CH3NO/c1-16-20(4-3-13-27-16)21-7-8-22-23(21,2)11-12-24(26)15-18-14-19(28)6-5-17(18)9-10-25(22,24)29;1-3-2;2-1-3/h3-4,7,13,15,17,19,22,28-29H,5-6,8-12,14H2,1-2H3;3H,1-2H3;1H,(H2,2,3)/t17?,19?,22?,23?,24?,25-;;/m0../s1. The molecule has 2 saturated carbocycles. The van der Waals surface area contributed by atoms with Crippen LogP contribution < -0.4 is 11.1 Å². The summed E-state index contributed by atoms with van der Waals surface area (Å²) in [6, 6.07) is 4.07. The summed E-state index contributed by atoms with van der Waals surface area (Å²) < 4.78 is 16.5. The number of pyridine rings is 1. The number of allylic oxidation sites excluding steroid dienone is 2. The van der Waals surface area contributed by atoms with Gasteiger partial charge in [0.15, 0.2) is 5.67 Å². The average Bonchev–Trinajstić information content (AvgIpc) is 3.10. The van der Waals surface area contributed by atoms with Gasteiger partial charge in [0.25, 0.3) is 0 Å². The Bertz CT molecular complexity index is 967. The van der Waals surface area contributed by atoms with E-state index < -0.39 is 11.3 Å². The van der Waals surface area contributed by atoms with E-state index in [0.717, 1.165) is 36.1 Å². The Balaban J connectivity index is 0.000000520. The van der Waals surface area contributed by atoms with Gasteiger partial charge < -0.3 is 21.3 Å². The lowest BCUT2D eigenvalue weighted by Gasteiger charge is -2.55. The van der Waals surface area contributed by atoms with E-state index in [9.17, 15) is 10.2 Å². The number of aryl methyl sites for hydroxylation is 1. The lowest BCUT2D eigenvalue weighted by molar-refractivity contribution is -0.172. The Labute approximate surface area is 208 Å². The Morgan fingerprint density at radius 3 is 2.57 bits per heavy atom. The minimum atomic E-state index is -1.70. The number of fused-ring (bicyclic) bond motifs is 4. The molecule has 5 N–H and O–H groups in total. The minimum absolute atomic E-state index is 0.134. The second-order valence-corrected chi connectivity index (χ2v) is 10.8. The van der Waals surface area contributed by atoms with Crippen LogP contribution in [0.15, 0.2) is 36.1 Å². The zero-order valence-corrected chi connectivity index (χ0v) is 21.6. The fourth-order valence-corrected chi connectivity index (χ4v) is 6.98. The second kappa shape index (κ2) is 10.9. The van der Waals surface area contributed by atoms with Crippen LogP contribution in [0.3, 0.4) is 0 Å². The van der Waals surface area contributed by atoms with Crippen LogP contribution in [0.4, 0.5) is 4.39 Å². The molecule has 6 nitrogen and oxygen atoms in total. The van der Waals surface area contributed by atoms with E-state index in [-0.39, 0.29) is 23.8 Å². The van der Waals surface area contributed by atoms with E-state index in [0.29, 0.717) is 38.0 Å². The maximum absolute atomic E-state index is 16.5. The fourth-order valence-electron chi connectivity index (χ4n) is 6.98. The van der Waals surface area contributed by atoms with Crippen molar-refractivity contribution >= 4 is 12.0 Å². The number of halogens is 1. The predicted octanol–water partition coefficient (Wildman–Crippen LogP) is 3.85. The summed E-state index contributed by atoms with van der Waals surface area (Å²) in [5.74, 6) is 0.173. The molecule has 0 bridgehead atoms. The largest absolute Gasteiger partial charge is 0.393 e. The monoisotopic (exact) mass is 487 g/mol. The van der Waals surface area contributed by atoms with Crippen LogP contribution in [-0.4, -0.2) is 53.1 Å². The number of nitrogens with one attached hydrogen (secondary N) is 1. The Kier molecular flexibility index (Phi) is 8.56. The summed E-state index contributed by atoms with van der Waals surface area (Å²) in [7, 11) is 3.75. The number of alkyl halides is 1. The molecule has 0 saturated heterocycles. The SMILES string of the molecule is CNC.Cc1ncccc1C1=CCC2C1(C)CCC1(F)C=C3CC(O)CCC3CC[C@]21O.NC=O. The lowest BCUT2D eigenvalue weighted by Crippen LogP contribution is -2.61. The number of carbonyl (C=O) groups is 1. The van der Waals surface area contributed by atoms with Crippen LogP contribution in [0.25, 0.3) is 5.57 Å². The third-order valence-corrected chi connectivity index (χ3v) is 8.68. The van der Waals surface area contributed by atoms with Crippen molar-refractivity contribution in [3.05, 3.63) is 47.3 Å². The van der Waals surface area contributed by atoms with Crippen LogP contribution >= 0.6 is 0 Å². The average molecular weight is 488 g/mol. The molecular formula is C28H42FN3O3. The first-order chi connectivity index (χ1) is 16.6. The van der Waals surface area contributed by atoms with Gasteiger partial charge in [0.2, 0.25) is 6.41 Å². The molecule has 4 aliphatic carbocycles. The van der Waals surface area contributed by atoms with Gasteiger partial charge in [-0.2, -0.15) is 0 Å². The van der Waals surface area contributed by atoms with Crippen LogP contribution in [0.1, 0.15) is 69.5 Å². The summed E-state index contributed by atoms with van der Waals surface area (Å²) in [5.41, 5.74) is 5.26. The smallest absolute Gasteiger partial charge is 0.204 e. The molecular weight excluding hydrogens is 445 g/mol. The molecule has 4 aliphatic rings. The number of carbonyl (C=O) groups excluding carboxylic acids is 1. The predicted molar refractivity (Wildman–Crippen MR) is 137 cm³/mol. The zero-order valence-electron chi connectivity index (χ0n) is 21.6. The van der Waals surface area contributed by atoms with Crippen molar-refractivity contribution in [2.45, 2.75) is 82.6 Å². The van der Waals surface area contributed by atoms with Crippen LogP contribution in [-0.2, 0) is 4.79 Å². The van der Waals surface area contributed by atoms with Gasteiger partial charge in [-0.05, 0) is 107 Å². The summed E-state index contributed by atoms with van der Waals surface area (Å²) in [4.78, 5) is 13.0. The first kappa shape index (κ1) is 27.5. The van der Waals surface area contributed by atoms with Gasteiger partial charge in [-0.15, -0.1) is 0 Å². The number of aliphatic hydroxyl groups is 2. The molecule has 1 heterocycles. The second-order valence-electron chi connectivity index (χ2n) is 10.8. The van der Waals surface area contributed by atoms with Gasteiger partial charge in [-0.25, -0.2) is 4.39 Å². The molecule has 6 atom stereocenters. The molecule has 5 rings (SSSR count). The fraction of sp³-hybridized carbons (Fsp3) is 0.643. The molecule has 1 aromatic heterocycles. The zero-order chi connectivity index (χ0) is 25.9. The number of amides is 1. The van der Waals surface area contributed by atoms with Crippen molar-refractivity contribution in [2.75, 3.05) is 14.1 Å². The van der Waals surface area contributed by atoms with Crippen molar-refractivity contribution in [3.63, 3.8) is 0 Å². The third-order valence-electron chi connectivity index (χ3n) is 8.68. The van der Waals surface area contributed by atoms with Gasteiger partial charge in [0.05, 0.1) is 6.10 Å². The summed E-state index contributed by atoms with van der Waals surface area (Å²) in [5, 5.41) is 24.9. The molecule has 2 fully saturated rings. The highest BCUT2D eigenvalue weighted by Gasteiger charge is 2.65.